The number of amides is 1. The molecular formula is C22H28N4OS. The normalized spacial score (nSPS) is 15.3. The van der Waals surface area contributed by atoms with Crippen LogP contribution in [0.15, 0.2) is 35.7 Å². The van der Waals surface area contributed by atoms with Crippen molar-refractivity contribution in [2.45, 2.75) is 26.8 Å². The summed E-state index contributed by atoms with van der Waals surface area (Å²) in [5, 5.41) is 11.1. The van der Waals surface area contributed by atoms with Gasteiger partial charge in [0.15, 0.2) is 0 Å². The number of carbonyl (C=O) groups excluding carboxylic acids is 1. The van der Waals surface area contributed by atoms with Crippen LogP contribution in [-0.4, -0.2) is 55.0 Å². The van der Waals surface area contributed by atoms with Crippen LogP contribution in [0.3, 0.4) is 0 Å². The van der Waals surface area contributed by atoms with E-state index >= 15 is 0 Å². The molecular weight excluding hydrogens is 368 g/mol. The molecule has 6 heteroatoms. The molecule has 0 unspecified atom stereocenters. The molecule has 2 aromatic rings. The van der Waals surface area contributed by atoms with Crippen molar-refractivity contribution in [2.24, 2.45) is 0 Å². The second kappa shape index (κ2) is 9.83. The minimum Gasteiger partial charge on any atom is -0.310 e. The Hall–Kier alpha value is -2.20. The zero-order valence-corrected chi connectivity index (χ0v) is 17.5. The molecule has 28 heavy (non-hydrogen) atoms. The van der Waals surface area contributed by atoms with E-state index in [9.17, 15) is 4.79 Å². The third-order valence-electron chi connectivity index (χ3n) is 5.40. The van der Waals surface area contributed by atoms with E-state index < -0.39 is 0 Å². The number of hydrogen-bond acceptors (Lipinski definition) is 5. The summed E-state index contributed by atoms with van der Waals surface area (Å²) in [5.74, 6) is 0.0793. The number of thiophene rings is 1. The average molecular weight is 397 g/mol. The highest BCUT2D eigenvalue weighted by Gasteiger charge is 2.23. The molecule has 1 aromatic carbocycles. The van der Waals surface area contributed by atoms with Crippen molar-refractivity contribution in [1.29, 1.82) is 5.26 Å². The van der Waals surface area contributed by atoms with E-state index in [1.807, 2.05) is 19.1 Å². The lowest BCUT2D eigenvalue weighted by Gasteiger charge is -2.35. The van der Waals surface area contributed by atoms with Crippen LogP contribution in [-0.2, 0) is 11.3 Å². The minimum absolute atomic E-state index is 0.0793. The first kappa shape index (κ1) is 20.5. The Labute approximate surface area is 171 Å². The largest absolute Gasteiger partial charge is 0.310 e. The van der Waals surface area contributed by atoms with Gasteiger partial charge in [-0.3, -0.25) is 14.6 Å². The summed E-state index contributed by atoms with van der Waals surface area (Å²) in [6.45, 7) is 9.70. The summed E-state index contributed by atoms with van der Waals surface area (Å²) in [5.41, 5.74) is 3.19. The molecule has 3 rings (SSSR count). The number of rotatable bonds is 7. The first-order valence-electron chi connectivity index (χ1n) is 9.79. The molecule has 0 aliphatic carbocycles. The maximum Gasteiger partial charge on any atom is 0.241 e. The number of aryl methyl sites for hydroxylation is 1. The SMILES string of the molecule is Cc1cccc(N(CCC#N)C(=O)CN2CCN(Cc3cccs3)CC2)c1C. The van der Waals surface area contributed by atoms with Gasteiger partial charge in [-0.05, 0) is 42.5 Å². The average Bonchev–Trinajstić information content (AvgIpc) is 3.20. The maximum absolute atomic E-state index is 13.1. The number of anilines is 1. The molecule has 0 spiro atoms. The molecule has 1 amide bonds. The van der Waals surface area contributed by atoms with Gasteiger partial charge in [0, 0.05) is 49.8 Å². The zero-order valence-electron chi connectivity index (χ0n) is 16.7. The molecule has 5 nitrogen and oxygen atoms in total. The fourth-order valence-electron chi connectivity index (χ4n) is 3.57. The molecule has 0 N–H and O–H groups in total. The Morgan fingerprint density at radius 2 is 1.89 bits per heavy atom. The summed E-state index contributed by atoms with van der Waals surface area (Å²) in [4.78, 5) is 21.0. The van der Waals surface area contributed by atoms with Crippen molar-refractivity contribution >= 4 is 22.9 Å². The van der Waals surface area contributed by atoms with Gasteiger partial charge in [-0.25, -0.2) is 0 Å². The molecule has 1 aromatic heterocycles. The summed E-state index contributed by atoms with van der Waals surface area (Å²) in [6.07, 6.45) is 0.341. The van der Waals surface area contributed by atoms with Crippen molar-refractivity contribution in [2.75, 3.05) is 44.2 Å². The van der Waals surface area contributed by atoms with Gasteiger partial charge >= 0.3 is 0 Å². The van der Waals surface area contributed by atoms with Crippen LogP contribution in [0.2, 0.25) is 0 Å². The van der Waals surface area contributed by atoms with Crippen LogP contribution >= 0.6 is 11.3 Å². The van der Waals surface area contributed by atoms with Gasteiger partial charge in [-0.15, -0.1) is 11.3 Å². The predicted molar refractivity (Wildman–Crippen MR) is 115 cm³/mol. The number of carbonyl (C=O) groups is 1. The number of piperazine rings is 1. The zero-order chi connectivity index (χ0) is 19.9. The molecule has 2 heterocycles. The Morgan fingerprint density at radius 3 is 2.57 bits per heavy atom. The van der Waals surface area contributed by atoms with E-state index in [1.165, 1.54) is 4.88 Å². The highest BCUT2D eigenvalue weighted by atomic mass is 32.1. The Kier molecular flexibility index (Phi) is 7.21. The van der Waals surface area contributed by atoms with Crippen molar-refractivity contribution in [3.05, 3.63) is 51.7 Å². The third kappa shape index (κ3) is 5.20. The maximum atomic E-state index is 13.1. The van der Waals surface area contributed by atoms with Crippen LogP contribution in [0.1, 0.15) is 22.4 Å². The summed E-state index contributed by atoms with van der Waals surface area (Å²) >= 11 is 1.80. The van der Waals surface area contributed by atoms with Crippen LogP contribution in [0.5, 0.6) is 0 Å². The Morgan fingerprint density at radius 1 is 1.14 bits per heavy atom. The lowest BCUT2D eigenvalue weighted by atomic mass is 10.1. The van der Waals surface area contributed by atoms with Crippen LogP contribution < -0.4 is 4.90 Å². The number of nitrogens with zero attached hydrogens (tertiary/aromatic N) is 4. The second-order valence-electron chi connectivity index (χ2n) is 7.30. The summed E-state index contributed by atoms with van der Waals surface area (Å²) < 4.78 is 0. The van der Waals surface area contributed by atoms with Crippen molar-refractivity contribution in [1.82, 2.24) is 9.80 Å². The smallest absolute Gasteiger partial charge is 0.241 e. The molecule has 0 saturated carbocycles. The first-order chi connectivity index (χ1) is 13.6. The van der Waals surface area contributed by atoms with Crippen LogP contribution in [0.25, 0.3) is 0 Å². The van der Waals surface area contributed by atoms with Gasteiger partial charge in [0.25, 0.3) is 0 Å². The van der Waals surface area contributed by atoms with Gasteiger partial charge in [0.2, 0.25) is 5.91 Å². The Bertz CT molecular complexity index is 820. The molecule has 0 radical (unpaired) electrons. The van der Waals surface area contributed by atoms with E-state index in [2.05, 4.69) is 46.4 Å². The van der Waals surface area contributed by atoms with E-state index in [-0.39, 0.29) is 5.91 Å². The van der Waals surface area contributed by atoms with Gasteiger partial charge in [-0.2, -0.15) is 5.26 Å². The number of nitriles is 1. The lowest BCUT2D eigenvalue weighted by Crippen LogP contribution is -2.50. The van der Waals surface area contributed by atoms with Crippen LogP contribution in [0, 0.1) is 25.2 Å². The van der Waals surface area contributed by atoms with E-state index in [1.54, 1.807) is 16.2 Å². The molecule has 0 bridgehead atoms. The van der Waals surface area contributed by atoms with E-state index in [4.69, 9.17) is 5.26 Å². The summed E-state index contributed by atoms with van der Waals surface area (Å²) in [7, 11) is 0. The summed E-state index contributed by atoms with van der Waals surface area (Å²) in [6, 6.07) is 12.5. The minimum atomic E-state index is 0.0793. The van der Waals surface area contributed by atoms with Gasteiger partial charge in [0.05, 0.1) is 19.0 Å². The van der Waals surface area contributed by atoms with E-state index in [0.717, 1.165) is 49.5 Å². The highest BCUT2D eigenvalue weighted by molar-refractivity contribution is 7.09. The van der Waals surface area contributed by atoms with Gasteiger partial charge in [-0.1, -0.05) is 18.2 Å². The fraction of sp³-hybridized carbons (Fsp3) is 0.455. The monoisotopic (exact) mass is 396 g/mol. The molecule has 148 valence electrons. The third-order valence-corrected chi connectivity index (χ3v) is 6.26. The number of hydrogen-bond donors (Lipinski definition) is 0. The van der Waals surface area contributed by atoms with Gasteiger partial charge in [0.1, 0.15) is 0 Å². The topological polar surface area (TPSA) is 50.6 Å². The molecule has 1 aliphatic rings. The first-order valence-corrected chi connectivity index (χ1v) is 10.7. The Balaban J connectivity index is 1.59. The molecule has 1 saturated heterocycles. The molecule has 1 fully saturated rings. The highest BCUT2D eigenvalue weighted by Crippen LogP contribution is 2.23. The standard InChI is InChI=1S/C22H28N4OS/c1-18-6-3-8-21(19(18)2)26(10-5-9-23)22(27)17-25-13-11-24(12-14-25)16-20-7-4-15-28-20/h3-4,6-8,15H,5,10-14,16-17H2,1-2H3. The van der Waals surface area contributed by atoms with Gasteiger partial charge < -0.3 is 4.90 Å². The van der Waals surface area contributed by atoms with Crippen LogP contribution in [0.4, 0.5) is 5.69 Å². The number of benzene rings is 1. The van der Waals surface area contributed by atoms with Crippen molar-refractivity contribution in [3.63, 3.8) is 0 Å². The lowest BCUT2D eigenvalue weighted by molar-refractivity contribution is -0.120. The second-order valence-corrected chi connectivity index (χ2v) is 8.34. The molecule has 0 atom stereocenters. The van der Waals surface area contributed by atoms with Crippen molar-refractivity contribution in [3.8, 4) is 6.07 Å². The fourth-order valence-corrected chi connectivity index (χ4v) is 4.32. The molecule has 1 aliphatic heterocycles. The predicted octanol–water partition coefficient (Wildman–Crippen LogP) is 3.43. The quantitative estimate of drug-likeness (QED) is 0.719. The van der Waals surface area contributed by atoms with E-state index in [0.29, 0.717) is 19.5 Å². The van der Waals surface area contributed by atoms with Crippen molar-refractivity contribution < 1.29 is 4.79 Å².